The summed E-state index contributed by atoms with van der Waals surface area (Å²) in [5.41, 5.74) is 1.83. The summed E-state index contributed by atoms with van der Waals surface area (Å²) in [7, 11) is 0. The SMILES string of the molecule is CCOC(=O)C1(CC)CCN(c2ncc(-c3cc(-n4cccn4)n4cc(NC(=O)OC(C)C)nc4c3)cn2)CC1. The van der Waals surface area contributed by atoms with Gasteiger partial charge in [0.05, 0.1) is 24.3 Å². The van der Waals surface area contributed by atoms with Gasteiger partial charge in [-0.2, -0.15) is 5.10 Å². The van der Waals surface area contributed by atoms with Gasteiger partial charge < -0.3 is 14.4 Å². The van der Waals surface area contributed by atoms with Gasteiger partial charge in [-0.3, -0.25) is 14.5 Å². The van der Waals surface area contributed by atoms with E-state index in [4.69, 9.17) is 9.47 Å². The van der Waals surface area contributed by atoms with Crippen LogP contribution < -0.4 is 10.2 Å². The van der Waals surface area contributed by atoms with Crippen LogP contribution in [0.25, 0.3) is 22.6 Å². The molecular formula is C28H34N8O4. The Morgan fingerprint density at radius 3 is 2.48 bits per heavy atom. The molecule has 0 spiro atoms. The molecule has 0 bridgehead atoms. The van der Waals surface area contributed by atoms with Crippen molar-refractivity contribution in [2.24, 2.45) is 5.41 Å². The number of pyridine rings is 1. The number of fused-ring (bicyclic) bond motifs is 1. The fraction of sp³-hybridized carbons (Fsp3) is 0.429. The Bertz CT molecular complexity index is 1470. The third kappa shape index (κ3) is 5.47. The Morgan fingerprint density at radius 2 is 1.85 bits per heavy atom. The molecule has 1 aliphatic rings. The van der Waals surface area contributed by atoms with Crippen molar-refractivity contribution in [1.29, 1.82) is 0 Å². The van der Waals surface area contributed by atoms with Gasteiger partial charge in [-0.1, -0.05) is 6.92 Å². The van der Waals surface area contributed by atoms with Crippen LogP contribution >= 0.6 is 0 Å². The number of esters is 1. The monoisotopic (exact) mass is 546 g/mol. The Kier molecular flexibility index (Phi) is 7.67. The normalized spacial score (nSPS) is 14.9. The molecule has 0 atom stereocenters. The second kappa shape index (κ2) is 11.3. The molecule has 12 nitrogen and oxygen atoms in total. The quantitative estimate of drug-likeness (QED) is 0.318. The molecule has 1 aliphatic heterocycles. The lowest BCUT2D eigenvalue weighted by Gasteiger charge is -2.39. The average Bonchev–Trinajstić information content (AvgIpc) is 3.62. The van der Waals surface area contributed by atoms with E-state index in [-0.39, 0.29) is 12.1 Å². The molecule has 0 unspecified atom stereocenters. The predicted octanol–water partition coefficient (Wildman–Crippen LogP) is 4.49. The maximum absolute atomic E-state index is 12.6. The molecule has 4 aromatic heterocycles. The zero-order chi connectivity index (χ0) is 28.3. The van der Waals surface area contributed by atoms with E-state index in [0.717, 1.165) is 23.4 Å². The maximum atomic E-state index is 12.6. The molecule has 12 heteroatoms. The lowest BCUT2D eigenvalue weighted by Crippen LogP contribution is -2.45. The van der Waals surface area contributed by atoms with Crippen molar-refractivity contribution in [2.45, 2.75) is 53.1 Å². The van der Waals surface area contributed by atoms with Gasteiger partial charge in [0, 0.05) is 43.4 Å². The number of anilines is 2. The number of hydrogen-bond acceptors (Lipinski definition) is 9. The van der Waals surface area contributed by atoms with Crippen molar-refractivity contribution in [1.82, 2.24) is 29.1 Å². The Morgan fingerprint density at radius 1 is 1.10 bits per heavy atom. The average molecular weight is 547 g/mol. The molecule has 0 aliphatic carbocycles. The number of carbonyl (C=O) groups excluding carboxylic acids is 2. The van der Waals surface area contributed by atoms with E-state index in [1.54, 1.807) is 43.3 Å². The molecule has 0 saturated carbocycles. The van der Waals surface area contributed by atoms with Crippen molar-refractivity contribution in [2.75, 3.05) is 29.9 Å². The highest BCUT2D eigenvalue weighted by molar-refractivity contribution is 5.84. The van der Waals surface area contributed by atoms with E-state index in [2.05, 4.69) is 30.3 Å². The van der Waals surface area contributed by atoms with E-state index in [9.17, 15) is 9.59 Å². The van der Waals surface area contributed by atoms with Crippen LogP contribution in [0.1, 0.15) is 47.0 Å². The minimum atomic E-state index is -0.570. The van der Waals surface area contributed by atoms with E-state index < -0.39 is 11.5 Å². The molecule has 0 aromatic carbocycles. The van der Waals surface area contributed by atoms with Crippen LogP contribution in [0.15, 0.2) is 49.2 Å². The summed E-state index contributed by atoms with van der Waals surface area (Å²) >= 11 is 0. The molecule has 5 heterocycles. The van der Waals surface area contributed by atoms with E-state index in [1.807, 2.05) is 42.6 Å². The minimum absolute atomic E-state index is 0.106. The number of aromatic nitrogens is 6. The summed E-state index contributed by atoms with van der Waals surface area (Å²) < 4.78 is 14.1. The van der Waals surface area contributed by atoms with Crippen LogP contribution in [0.5, 0.6) is 0 Å². The number of piperidine rings is 1. The number of amides is 1. The fourth-order valence-corrected chi connectivity index (χ4v) is 4.98. The number of nitrogens with one attached hydrogen (secondary N) is 1. The smallest absolute Gasteiger partial charge is 0.413 e. The third-order valence-electron chi connectivity index (χ3n) is 7.22. The van der Waals surface area contributed by atoms with Crippen molar-refractivity contribution in [3.8, 4) is 16.9 Å². The number of nitrogens with zero attached hydrogens (tertiary/aromatic N) is 7. The van der Waals surface area contributed by atoms with Gasteiger partial charge in [-0.25, -0.2) is 24.4 Å². The van der Waals surface area contributed by atoms with Crippen LogP contribution in [-0.2, 0) is 14.3 Å². The van der Waals surface area contributed by atoms with Crippen molar-refractivity contribution in [3.63, 3.8) is 0 Å². The van der Waals surface area contributed by atoms with Gasteiger partial charge in [0.25, 0.3) is 0 Å². The van der Waals surface area contributed by atoms with Crippen LogP contribution in [0, 0.1) is 5.41 Å². The second-order valence-electron chi connectivity index (χ2n) is 10.1. The van der Waals surface area contributed by atoms with Crippen LogP contribution in [0.2, 0.25) is 0 Å². The molecule has 5 rings (SSSR count). The maximum Gasteiger partial charge on any atom is 0.413 e. The Labute approximate surface area is 232 Å². The lowest BCUT2D eigenvalue weighted by atomic mass is 9.76. The van der Waals surface area contributed by atoms with Gasteiger partial charge in [-0.05, 0) is 63.8 Å². The second-order valence-corrected chi connectivity index (χ2v) is 10.1. The van der Waals surface area contributed by atoms with Crippen molar-refractivity contribution >= 4 is 29.5 Å². The minimum Gasteiger partial charge on any atom is -0.466 e. The first-order valence-electron chi connectivity index (χ1n) is 13.6. The standard InChI is InChI=1S/C28H34N8O4/c1-5-28(25(37)39-6-2)8-12-34(13-9-28)26-29-16-21(17-30-26)20-14-23-32-22(33-27(38)40-19(3)4)18-35(23)24(15-20)36-11-7-10-31-36/h7,10-11,14-19H,5-6,8-9,12-13H2,1-4H3,(H,33,38). The number of imidazole rings is 1. The summed E-state index contributed by atoms with van der Waals surface area (Å²) in [4.78, 5) is 40.7. The molecule has 0 radical (unpaired) electrons. The van der Waals surface area contributed by atoms with Gasteiger partial charge in [0.2, 0.25) is 5.95 Å². The number of carbonyl (C=O) groups is 2. The summed E-state index contributed by atoms with van der Waals surface area (Å²) in [5, 5.41) is 7.06. The highest BCUT2D eigenvalue weighted by atomic mass is 16.6. The van der Waals surface area contributed by atoms with Gasteiger partial charge in [0.15, 0.2) is 5.82 Å². The first kappa shape index (κ1) is 27.1. The summed E-state index contributed by atoms with van der Waals surface area (Å²) in [6.07, 6.45) is 10.2. The molecule has 4 aromatic rings. The topological polar surface area (TPSA) is 129 Å². The fourth-order valence-electron chi connectivity index (χ4n) is 4.98. The van der Waals surface area contributed by atoms with Crippen molar-refractivity contribution < 1.29 is 19.1 Å². The summed E-state index contributed by atoms with van der Waals surface area (Å²) in [6.45, 7) is 9.22. The van der Waals surface area contributed by atoms with Gasteiger partial charge in [-0.15, -0.1) is 0 Å². The molecule has 1 fully saturated rings. The Hall–Kier alpha value is -4.48. The van der Waals surface area contributed by atoms with Gasteiger partial charge in [0.1, 0.15) is 11.5 Å². The van der Waals surface area contributed by atoms with E-state index in [0.29, 0.717) is 50.0 Å². The summed E-state index contributed by atoms with van der Waals surface area (Å²) in [5.74, 6) is 1.61. The van der Waals surface area contributed by atoms with Crippen LogP contribution in [-0.4, -0.2) is 67.0 Å². The molecule has 1 saturated heterocycles. The Balaban J connectivity index is 1.39. The van der Waals surface area contributed by atoms with Crippen molar-refractivity contribution in [3.05, 3.63) is 49.2 Å². The number of rotatable bonds is 8. The van der Waals surface area contributed by atoms with E-state index in [1.165, 1.54) is 0 Å². The lowest BCUT2D eigenvalue weighted by molar-refractivity contribution is -0.157. The number of hydrogen-bond donors (Lipinski definition) is 1. The molecule has 1 amide bonds. The molecule has 40 heavy (non-hydrogen) atoms. The zero-order valence-corrected chi connectivity index (χ0v) is 23.2. The molecule has 1 N–H and O–H groups in total. The number of ether oxygens (including phenoxy) is 2. The van der Waals surface area contributed by atoms with E-state index >= 15 is 0 Å². The predicted molar refractivity (Wildman–Crippen MR) is 149 cm³/mol. The van der Waals surface area contributed by atoms with Crippen LogP contribution in [0.3, 0.4) is 0 Å². The largest absolute Gasteiger partial charge is 0.466 e. The van der Waals surface area contributed by atoms with Gasteiger partial charge >= 0.3 is 12.1 Å². The molecule has 210 valence electrons. The van der Waals surface area contributed by atoms with Crippen LogP contribution in [0.4, 0.5) is 16.6 Å². The highest BCUT2D eigenvalue weighted by Gasteiger charge is 2.41. The first-order chi connectivity index (χ1) is 19.3. The zero-order valence-electron chi connectivity index (χ0n) is 23.2. The third-order valence-corrected chi connectivity index (χ3v) is 7.22. The highest BCUT2D eigenvalue weighted by Crippen LogP contribution is 2.37. The first-order valence-corrected chi connectivity index (χ1v) is 13.6. The summed E-state index contributed by atoms with van der Waals surface area (Å²) in [6, 6.07) is 5.70. The molecular weight excluding hydrogens is 512 g/mol.